The number of pyridine rings is 1. The molecule has 0 saturated carbocycles. The van der Waals surface area contributed by atoms with Crippen LogP contribution in [0.25, 0.3) is 21.3 Å². The molecule has 0 spiro atoms. The maximum Gasteiger partial charge on any atom is 0.230 e. The monoisotopic (exact) mass is 533 g/mol. The molecule has 3 aliphatic heterocycles. The fourth-order valence-corrected chi connectivity index (χ4v) is 7.14. The van der Waals surface area contributed by atoms with Crippen molar-refractivity contribution in [2.45, 2.75) is 44.9 Å². The third-order valence-corrected chi connectivity index (χ3v) is 8.80. The SMILES string of the molecule is Cn1nc2c(c1C1Cc3cc(Cl)cc(-c4ccnc5cc(CN6C(=O)CCC6=O)sc45)c3O1)CNCC2. The molecule has 3 aromatic heterocycles. The average molecular weight is 534 g/mol. The summed E-state index contributed by atoms with van der Waals surface area (Å²) in [7, 11) is 1.99. The van der Waals surface area contributed by atoms with Crippen molar-refractivity contribution in [2.75, 3.05) is 6.54 Å². The molecule has 1 saturated heterocycles. The van der Waals surface area contributed by atoms with Crippen LogP contribution in [0.2, 0.25) is 5.02 Å². The third kappa shape index (κ3) is 3.75. The van der Waals surface area contributed by atoms with Crippen LogP contribution in [0.1, 0.15) is 46.3 Å². The summed E-state index contributed by atoms with van der Waals surface area (Å²) < 4.78 is 9.62. The molecule has 2 amide bonds. The van der Waals surface area contributed by atoms with Gasteiger partial charge in [0.2, 0.25) is 11.8 Å². The summed E-state index contributed by atoms with van der Waals surface area (Å²) in [5.41, 5.74) is 7.29. The van der Waals surface area contributed by atoms with Gasteiger partial charge in [-0.1, -0.05) is 11.6 Å². The maximum atomic E-state index is 12.2. The number of benzene rings is 1. The van der Waals surface area contributed by atoms with Crippen LogP contribution in [-0.4, -0.2) is 38.0 Å². The molecule has 10 heteroatoms. The second-order valence-corrected chi connectivity index (χ2v) is 11.3. The number of carbonyl (C=O) groups excluding carboxylic acids is 2. The summed E-state index contributed by atoms with van der Waals surface area (Å²) in [5, 5.41) is 8.88. The van der Waals surface area contributed by atoms with Crippen molar-refractivity contribution in [3.63, 3.8) is 0 Å². The number of likely N-dealkylation sites (tertiary alicyclic amines) is 1. The van der Waals surface area contributed by atoms with Gasteiger partial charge >= 0.3 is 0 Å². The average Bonchev–Trinajstić information content (AvgIpc) is 3.63. The Kier molecular flexibility index (Phi) is 5.35. The lowest BCUT2D eigenvalue weighted by Gasteiger charge is -2.17. The van der Waals surface area contributed by atoms with E-state index in [2.05, 4.69) is 10.3 Å². The summed E-state index contributed by atoms with van der Waals surface area (Å²) in [5.74, 6) is 0.603. The van der Waals surface area contributed by atoms with Gasteiger partial charge in [0.15, 0.2) is 0 Å². The molecule has 1 N–H and O–H groups in total. The highest BCUT2D eigenvalue weighted by atomic mass is 35.5. The fraction of sp³-hybridized carbons (Fsp3) is 0.333. The van der Waals surface area contributed by atoms with E-state index in [-0.39, 0.29) is 37.3 Å². The van der Waals surface area contributed by atoms with Crippen LogP contribution in [0, 0.1) is 0 Å². The maximum absolute atomic E-state index is 12.2. The van der Waals surface area contributed by atoms with Gasteiger partial charge < -0.3 is 10.1 Å². The molecule has 7 rings (SSSR count). The normalized spacial score (nSPS) is 19.0. The van der Waals surface area contributed by atoms with E-state index in [1.807, 2.05) is 36.0 Å². The number of nitrogens with one attached hydrogen (secondary N) is 1. The quantitative estimate of drug-likeness (QED) is 0.393. The van der Waals surface area contributed by atoms with Crippen molar-refractivity contribution < 1.29 is 14.3 Å². The predicted octanol–water partition coefficient (Wildman–Crippen LogP) is 4.32. The highest BCUT2D eigenvalue weighted by Crippen LogP contribution is 2.48. The molecule has 1 fully saturated rings. The molecule has 4 aromatic rings. The van der Waals surface area contributed by atoms with E-state index < -0.39 is 0 Å². The zero-order chi connectivity index (χ0) is 25.3. The number of thiophene rings is 1. The molecule has 37 heavy (non-hydrogen) atoms. The van der Waals surface area contributed by atoms with Crippen molar-refractivity contribution in [1.82, 2.24) is 25.0 Å². The molecule has 3 aliphatic rings. The summed E-state index contributed by atoms with van der Waals surface area (Å²) >= 11 is 8.17. The van der Waals surface area contributed by atoms with Gasteiger partial charge in [0.25, 0.3) is 0 Å². The Labute approximate surface area is 222 Å². The fourth-order valence-electron chi connectivity index (χ4n) is 5.76. The lowest BCUT2D eigenvalue weighted by molar-refractivity contribution is -0.138. The second kappa shape index (κ2) is 8.65. The number of nitrogens with zero attached hydrogens (tertiary/aromatic N) is 4. The first-order chi connectivity index (χ1) is 18.0. The molecule has 188 valence electrons. The zero-order valence-electron chi connectivity index (χ0n) is 20.2. The van der Waals surface area contributed by atoms with Crippen molar-refractivity contribution in [2.24, 2.45) is 7.05 Å². The van der Waals surface area contributed by atoms with E-state index in [0.717, 1.165) is 74.9 Å². The van der Waals surface area contributed by atoms with E-state index in [1.165, 1.54) is 10.5 Å². The lowest BCUT2D eigenvalue weighted by Crippen LogP contribution is -2.27. The van der Waals surface area contributed by atoms with Gasteiger partial charge in [-0.3, -0.25) is 24.2 Å². The zero-order valence-corrected chi connectivity index (χ0v) is 21.8. The molecule has 0 radical (unpaired) electrons. The largest absolute Gasteiger partial charge is 0.483 e. The Morgan fingerprint density at radius 1 is 1.16 bits per heavy atom. The summed E-state index contributed by atoms with van der Waals surface area (Å²) in [6, 6.07) is 7.88. The van der Waals surface area contributed by atoms with Gasteiger partial charge in [-0.15, -0.1) is 11.3 Å². The van der Waals surface area contributed by atoms with Gasteiger partial charge in [-0.05, 0) is 24.3 Å². The molecule has 0 bridgehead atoms. The van der Waals surface area contributed by atoms with Crippen LogP contribution in [0.15, 0.2) is 30.5 Å². The number of fused-ring (bicyclic) bond motifs is 3. The Morgan fingerprint density at radius 3 is 2.84 bits per heavy atom. The molecular weight excluding hydrogens is 510 g/mol. The van der Waals surface area contributed by atoms with Crippen LogP contribution in [0.3, 0.4) is 0 Å². The van der Waals surface area contributed by atoms with Crippen LogP contribution < -0.4 is 10.1 Å². The number of imide groups is 1. The minimum atomic E-state index is -0.142. The Hall–Kier alpha value is -3.27. The molecule has 1 aromatic carbocycles. The number of carbonyl (C=O) groups is 2. The summed E-state index contributed by atoms with van der Waals surface area (Å²) in [4.78, 5) is 31.1. The van der Waals surface area contributed by atoms with Crippen molar-refractivity contribution >= 4 is 45.0 Å². The van der Waals surface area contributed by atoms with Gasteiger partial charge in [-0.25, -0.2) is 0 Å². The number of amides is 2. The first-order valence-electron chi connectivity index (χ1n) is 12.4. The summed E-state index contributed by atoms with van der Waals surface area (Å²) in [6.07, 6.45) is 3.86. The lowest BCUT2D eigenvalue weighted by atomic mass is 9.98. The Bertz CT molecular complexity index is 1590. The Morgan fingerprint density at radius 2 is 2.00 bits per heavy atom. The number of aryl methyl sites for hydroxylation is 1. The van der Waals surface area contributed by atoms with E-state index in [0.29, 0.717) is 5.02 Å². The molecule has 6 heterocycles. The summed E-state index contributed by atoms with van der Waals surface area (Å²) in [6.45, 7) is 2.02. The number of halogens is 1. The van der Waals surface area contributed by atoms with Gasteiger partial charge in [-0.2, -0.15) is 5.10 Å². The molecule has 8 nitrogen and oxygen atoms in total. The van der Waals surface area contributed by atoms with E-state index >= 15 is 0 Å². The van der Waals surface area contributed by atoms with Crippen LogP contribution in [0.5, 0.6) is 5.75 Å². The van der Waals surface area contributed by atoms with Crippen molar-refractivity contribution in [1.29, 1.82) is 0 Å². The number of hydrogen-bond acceptors (Lipinski definition) is 7. The van der Waals surface area contributed by atoms with Crippen molar-refractivity contribution in [3.05, 3.63) is 62.9 Å². The van der Waals surface area contributed by atoms with Gasteiger partial charge in [0.05, 0.1) is 28.1 Å². The number of rotatable bonds is 4. The first-order valence-corrected chi connectivity index (χ1v) is 13.6. The number of ether oxygens (including phenoxy) is 1. The van der Waals surface area contributed by atoms with Crippen LogP contribution in [0.4, 0.5) is 0 Å². The second-order valence-electron chi connectivity index (χ2n) is 9.77. The minimum absolute atomic E-state index is 0.115. The first kappa shape index (κ1) is 22.9. The Balaban J connectivity index is 1.28. The van der Waals surface area contributed by atoms with E-state index in [4.69, 9.17) is 21.4 Å². The highest BCUT2D eigenvalue weighted by Gasteiger charge is 2.34. The van der Waals surface area contributed by atoms with Crippen molar-refractivity contribution in [3.8, 4) is 16.9 Å². The van der Waals surface area contributed by atoms with Gasteiger partial charge in [0, 0.05) is 84.2 Å². The van der Waals surface area contributed by atoms with E-state index in [9.17, 15) is 9.59 Å². The molecule has 0 aliphatic carbocycles. The van der Waals surface area contributed by atoms with Crippen LogP contribution in [-0.2, 0) is 42.6 Å². The molecular formula is C27H24ClN5O3S. The number of hydrogen-bond donors (Lipinski definition) is 1. The minimum Gasteiger partial charge on any atom is -0.483 e. The highest BCUT2D eigenvalue weighted by molar-refractivity contribution is 7.19. The third-order valence-electron chi connectivity index (χ3n) is 7.44. The van der Waals surface area contributed by atoms with E-state index in [1.54, 1.807) is 17.5 Å². The topological polar surface area (TPSA) is 89.4 Å². The number of aromatic nitrogens is 3. The predicted molar refractivity (Wildman–Crippen MR) is 141 cm³/mol. The molecule has 1 unspecified atom stereocenters. The standard InChI is InChI=1S/C27H24ClN5O3S/c1-32-25(19-12-29-6-5-20(19)31-32)22-9-14-8-15(28)10-18(26(14)36-22)17-4-7-30-21-11-16(37-27(17)21)13-33-23(34)2-3-24(33)35/h4,7-8,10-11,22,29H,2-3,5-6,9,12-13H2,1H3. The molecule has 1 atom stereocenters. The van der Waals surface area contributed by atoms with Crippen LogP contribution >= 0.6 is 22.9 Å². The smallest absolute Gasteiger partial charge is 0.230 e. The van der Waals surface area contributed by atoms with Gasteiger partial charge in [0.1, 0.15) is 11.9 Å².